The molecule has 1 saturated carbocycles. The lowest BCUT2D eigenvalue weighted by atomic mass is 9.80. The minimum Gasteiger partial charge on any atom is -0.481 e. The van der Waals surface area contributed by atoms with Crippen molar-refractivity contribution in [2.45, 2.75) is 70.8 Å². The first-order valence-corrected chi connectivity index (χ1v) is 8.01. The van der Waals surface area contributed by atoms with Gasteiger partial charge in [-0.15, -0.1) is 0 Å². The molecule has 0 bridgehead atoms. The Labute approximate surface area is 117 Å². The predicted molar refractivity (Wildman–Crippen MR) is 77.2 cm³/mol. The SMILES string of the molecule is CC(C)CCC(CC(=O)O)(C1CC1)N1CCCCC1. The Morgan fingerprint density at radius 3 is 2.37 bits per heavy atom. The molecule has 1 N–H and O–H groups in total. The molecule has 1 aliphatic carbocycles. The number of hydrogen-bond donors (Lipinski definition) is 1. The lowest BCUT2D eigenvalue weighted by molar-refractivity contribution is -0.141. The molecular formula is C16H29NO2. The molecule has 110 valence electrons. The van der Waals surface area contributed by atoms with Crippen LogP contribution in [0.1, 0.15) is 65.2 Å². The van der Waals surface area contributed by atoms with Gasteiger partial charge in [-0.2, -0.15) is 0 Å². The highest BCUT2D eigenvalue weighted by atomic mass is 16.4. The Morgan fingerprint density at radius 1 is 1.26 bits per heavy atom. The Kier molecular flexibility index (Phi) is 4.88. The number of likely N-dealkylation sites (tertiary alicyclic amines) is 1. The van der Waals surface area contributed by atoms with Crippen LogP contribution in [0.15, 0.2) is 0 Å². The summed E-state index contributed by atoms with van der Waals surface area (Å²) in [6.07, 6.45) is 8.86. The molecule has 1 saturated heterocycles. The van der Waals surface area contributed by atoms with Gasteiger partial charge in [0.25, 0.3) is 0 Å². The molecule has 1 atom stereocenters. The van der Waals surface area contributed by atoms with Gasteiger partial charge in [0.15, 0.2) is 0 Å². The molecule has 0 amide bonds. The van der Waals surface area contributed by atoms with E-state index < -0.39 is 5.97 Å². The Hall–Kier alpha value is -0.570. The third-order valence-electron chi connectivity index (χ3n) is 4.94. The molecule has 0 radical (unpaired) electrons. The topological polar surface area (TPSA) is 40.5 Å². The number of carbonyl (C=O) groups is 1. The molecule has 2 aliphatic rings. The van der Waals surface area contributed by atoms with Crippen molar-refractivity contribution in [3.63, 3.8) is 0 Å². The van der Waals surface area contributed by atoms with Crippen molar-refractivity contribution in [3.05, 3.63) is 0 Å². The molecule has 2 fully saturated rings. The van der Waals surface area contributed by atoms with Gasteiger partial charge in [0, 0.05) is 5.54 Å². The van der Waals surface area contributed by atoms with E-state index >= 15 is 0 Å². The van der Waals surface area contributed by atoms with Gasteiger partial charge in [-0.3, -0.25) is 9.69 Å². The summed E-state index contributed by atoms with van der Waals surface area (Å²) in [6, 6.07) is 0. The predicted octanol–water partition coefficient (Wildman–Crippen LogP) is 3.53. The van der Waals surface area contributed by atoms with Gasteiger partial charge in [-0.05, 0) is 63.5 Å². The second-order valence-electron chi connectivity index (χ2n) is 6.93. The van der Waals surface area contributed by atoms with E-state index in [9.17, 15) is 9.90 Å². The highest BCUT2D eigenvalue weighted by Gasteiger charge is 2.50. The summed E-state index contributed by atoms with van der Waals surface area (Å²) in [7, 11) is 0. The number of nitrogens with zero attached hydrogens (tertiary/aromatic N) is 1. The average molecular weight is 267 g/mol. The van der Waals surface area contributed by atoms with Crippen LogP contribution in [0.5, 0.6) is 0 Å². The first-order valence-electron chi connectivity index (χ1n) is 8.01. The van der Waals surface area contributed by atoms with Gasteiger partial charge in [-0.1, -0.05) is 20.3 Å². The molecule has 1 heterocycles. The van der Waals surface area contributed by atoms with Crippen molar-refractivity contribution in [2.24, 2.45) is 11.8 Å². The molecule has 0 aromatic rings. The Morgan fingerprint density at radius 2 is 1.89 bits per heavy atom. The van der Waals surface area contributed by atoms with E-state index in [0.717, 1.165) is 25.9 Å². The van der Waals surface area contributed by atoms with Gasteiger partial charge in [-0.25, -0.2) is 0 Å². The quantitative estimate of drug-likeness (QED) is 0.767. The Bertz CT molecular complexity index is 306. The van der Waals surface area contributed by atoms with Crippen LogP contribution < -0.4 is 0 Å². The highest BCUT2D eigenvalue weighted by molar-refractivity contribution is 5.68. The van der Waals surface area contributed by atoms with Crippen LogP contribution in [0.3, 0.4) is 0 Å². The smallest absolute Gasteiger partial charge is 0.305 e. The maximum Gasteiger partial charge on any atom is 0.305 e. The van der Waals surface area contributed by atoms with E-state index in [1.54, 1.807) is 0 Å². The summed E-state index contributed by atoms with van der Waals surface area (Å²) >= 11 is 0. The summed E-state index contributed by atoms with van der Waals surface area (Å²) in [5.74, 6) is 0.693. The zero-order valence-electron chi connectivity index (χ0n) is 12.5. The van der Waals surface area contributed by atoms with Crippen molar-refractivity contribution in [2.75, 3.05) is 13.1 Å². The van der Waals surface area contributed by atoms with Crippen LogP contribution in [-0.4, -0.2) is 34.6 Å². The number of hydrogen-bond acceptors (Lipinski definition) is 2. The zero-order chi connectivity index (χ0) is 13.9. The van der Waals surface area contributed by atoms with Crippen LogP contribution in [0.25, 0.3) is 0 Å². The largest absolute Gasteiger partial charge is 0.481 e. The summed E-state index contributed by atoms with van der Waals surface area (Å²) < 4.78 is 0. The highest BCUT2D eigenvalue weighted by Crippen LogP contribution is 2.49. The molecule has 3 heteroatoms. The Balaban J connectivity index is 2.14. The second kappa shape index (κ2) is 6.25. The minimum atomic E-state index is -0.610. The monoisotopic (exact) mass is 267 g/mol. The van der Waals surface area contributed by atoms with Crippen LogP contribution in [0, 0.1) is 11.8 Å². The number of piperidine rings is 1. The molecular weight excluding hydrogens is 238 g/mol. The normalized spacial score (nSPS) is 24.4. The van der Waals surface area contributed by atoms with Crippen molar-refractivity contribution in [1.29, 1.82) is 0 Å². The minimum absolute atomic E-state index is 0.0312. The standard InChI is InChI=1S/C16H29NO2/c1-13(2)8-9-16(12-15(18)19,14-6-7-14)17-10-4-3-5-11-17/h13-14H,3-12H2,1-2H3,(H,18,19). The zero-order valence-corrected chi connectivity index (χ0v) is 12.5. The third-order valence-corrected chi connectivity index (χ3v) is 4.94. The molecule has 0 aromatic carbocycles. The fourth-order valence-electron chi connectivity index (χ4n) is 3.73. The fourth-order valence-corrected chi connectivity index (χ4v) is 3.73. The molecule has 1 aliphatic heterocycles. The molecule has 19 heavy (non-hydrogen) atoms. The maximum atomic E-state index is 11.4. The first kappa shape index (κ1) is 14.8. The third kappa shape index (κ3) is 3.71. The lowest BCUT2D eigenvalue weighted by Crippen LogP contribution is -2.54. The van der Waals surface area contributed by atoms with E-state index in [-0.39, 0.29) is 5.54 Å². The summed E-state index contributed by atoms with van der Waals surface area (Å²) in [5.41, 5.74) is -0.0312. The fraction of sp³-hybridized carbons (Fsp3) is 0.938. The lowest BCUT2D eigenvalue weighted by Gasteiger charge is -2.46. The van der Waals surface area contributed by atoms with Crippen molar-refractivity contribution < 1.29 is 9.90 Å². The van der Waals surface area contributed by atoms with Gasteiger partial charge < -0.3 is 5.11 Å². The summed E-state index contributed by atoms with van der Waals surface area (Å²) in [6.45, 7) is 6.72. The van der Waals surface area contributed by atoms with E-state index in [0.29, 0.717) is 18.3 Å². The van der Waals surface area contributed by atoms with Gasteiger partial charge in [0.1, 0.15) is 0 Å². The number of carboxylic acids is 1. The van der Waals surface area contributed by atoms with Crippen molar-refractivity contribution in [1.82, 2.24) is 4.90 Å². The van der Waals surface area contributed by atoms with Crippen molar-refractivity contribution in [3.8, 4) is 0 Å². The molecule has 1 unspecified atom stereocenters. The first-order chi connectivity index (χ1) is 9.04. The second-order valence-corrected chi connectivity index (χ2v) is 6.93. The van der Waals surface area contributed by atoms with Crippen LogP contribution in [0.4, 0.5) is 0 Å². The van der Waals surface area contributed by atoms with Gasteiger partial charge in [0.05, 0.1) is 6.42 Å². The van der Waals surface area contributed by atoms with E-state index in [1.807, 2.05) is 0 Å². The average Bonchev–Trinajstić information content (AvgIpc) is 3.19. The summed E-state index contributed by atoms with van der Waals surface area (Å²) in [4.78, 5) is 14.0. The molecule has 3 nitrogen and oxygen atoms in total. The number of rotatable bonds is 7. The molecule has 0 spiro atoms. The van der Waals surface area contributed by atoms with Crippen LogP contribution in [-0.2, 0) is 4.79 Å². The van der Waals surface area contributed by atoms with Gasteiger partial charge >= 0.3 is 5.97 Å². The molecule has 0 aromatic heterocycles. The van der Waals surface area contributed by atoms with E-state index in [2.05, 4.69) is 18.7 Å². The number of aliphatic carboxylic acids is 1. The van der Waals surface area contributed by atoms with Crippen LogP contribution in [0.2, 0.25) is 0 Å². The maximum absolute atomic E-state index is 11.4. The van der Waals surface area contributed by atoms with Crippen LogP contribution >= 0.6 is 0 Å². The van der Waals surface area contributed by atoms with E-state index in [4.69, 9.17) is 0 Å². The summed E-state index contributed by atoms with van der Waals surface area (Å²) in [5, 5.41) is 9.39. The van der Waals surface area contributed by atoms with Crippen molar-refractivity contribution >= 4 is 5.97 Å². The van der Waals surface area contributed by atoms with Gasteiger partial charge in [0.2, 0.25) is 0 Å². The molecule has 2 rings (SSSR count). The number of carboxylic acid groups (broad SMARTS) is 1. The van der Waals surface area contributed by atoms with E-state index in [1.165, 1.54) is 32.1 Å².